The molecule has 0 spiro atoms. The molecule has 0 heterocycles. The summed E-state index contributed by atoms with van der Waals surface area (Å²) < 4.78 is 8.83. The van der Waals surface area contributed by atoms with E-state index in [2.05, 4.69) is 16.4 Å². The maximum Gasteiger partial charge on any atom is 0.509 e. The van der Waals surface area contributed by atoms with Crippen LogP contribution in [0, 0.1) is 0 Å². The molecule has 0 unspecified atom stereocenters. The lowest BCUT2D eigenvalue weighted by atomic mass is 10.3. The Hall–Kier alpha value is -0.770. The highest BCUT2D eigenvalue weighted by Crippen LogP contribution is 1.95. The van der Waals surface area contributed by atoms with Gasteiger partial charge in [0.1, 0.15) is 0 Å². The summed E-state index contributed by atoms with van der Waals surface area (Å²) in [6.07, 6.45) is 2.27. The van der Waals surface area contributed by atoms with Crippen molar-refractivity contribution in [3.8, 4) is 0 Å². The third-order valence-corrected chi connectivity index (χ3v) is 1.16. The lowest BCUT2D eigenvalue weighted by Gasteiger charge is -2.02. The Kier molecular flexibility index (Phi) is 6.82. The van der Waals surface area contributed by atoms with E-state index in [-0.39, 0.29) is 6.73 Å². The Balaban J connectivity index is 3.04. The van der Waals surface area contributed by atoms with Gasteiger partial charge >= 0.3 is 6.16 Å². The summed E-state index contributed by atoms with van der Waals surface area (Å²) in [5.41, 5.74) is 6.53. The molecule has 65 valence electrons. The van der Waals surface area contributed by atoms with Crippen molar-refractivity contribution >= 4 is 6.16 Å². The van der Waals surface area contributed by atoms with Crippen LogP contribution < -0.4 is 5.73 Å². The number of hydrogen-bond donors (Lipinski definition) is 0. The maximum absolute atomic E-state index is 10.4. The lowest BCUT2D eigenvalue weighted by Crippen LogP contribution is -2.09. The van der Waals surface area contributed by atoms with Gasteiger partial charge in [0.2, 0.25) is 0 Å². The summed E-state index contributed by atoms with van der Waals surface area (Å²) in [7, 11) is 0. The Morgan fingerprint density at radius 2 is 2.09 bits per heavy atom. The highest BCUT2D eigenvalue weighted by Gasteiger charge is 1.99. The minimum absolute atomic E-state index is 0.368. The summed E-state index contributed by atoms with van der Waals surface area (Å²) in [5, 5.41) is 0. The Labute approximate surface area is 66.7 Å². The smallest absolute Gasteiger partial charge is 0.434 e. The predicted octanol–water partition coefficient (Wildman–Crippen LogP) is 1.57. The number of carbonyl (C=O) groups is 1. The van der Waals surface area contributed by atoms with E-state index < -0.39 is 6.16 Å². The minimum atomic E-state index is -0.740. The van der Waals surface area contributed by atoms with E-state index in [4.69, 9.17) is 5.73 Å². The molecule has 0 atom stereocenters. The van der Waals surface area contributed by atoms with Gasteiger partial charge in [-0.25, -0.2) is 10.5 Å². The first-order valence-electron chi connectivity index (χ1n) is 3.75. The Morgan fingerprint density at radius 3 is 2.64 bits per heavy atom. The summed E-state index contributed by atoms with van der Waals surface area (Å²) in [6, 6.07) is 0. The second kappa shape index (κ2) is 7.34. The van der Waals surface area contributed by atoms with Crippen LogP contribution in [0.25, 0.3) is 0 Å². The third kappa shape index (κ3) is 7.12. The van der Waals surface area contributed by atoms with E-state index in [9.17, 15) is 4.79 Å². The molecular weight excluding hydrogens is 146 g/mol. The fourth-order valence-electron chi connectivity index (χ4n) is 0.608. The lowest BCUT2D eigenvalue weighted by molar-refractivity contribution is 0.0547. The fourth-order valence-corrected chi connectivity index (χ4v) is 0.608. The summed E-state index contributed by atoms with van der Waals surface area (Å²) >= 11 is 0. The zero-order chi connectivity index (χ0) is 8.53. The molecule has 0 aromatic carbocycles. The second-order valence-corrected chi connectivity index (χ2v) is 2.09. The van der Waals surface area contributed by atoms with Crippen LogP contribution in [0.2, 0.25) is 0 Å². The van der Waals surface area contributed by atoms with E-state index >= 15 is 0 Å². The van der Waals surface area contributed by atoms with E-state index in [1.165, 1.54) is 0 Å². The fraction of sp³-hybridized carbons (Fsp3) is 0.857. The van der Waals surface area contributed by atoms with Crippen molar-refractivity contribution in [1.82, 2.24) is 5.73 Å². The zero-order valence-corrected chi connectivity index (χ0v) is 6.76. The van der Waals surface area contributed by atoms with Crippen LogP contribution in [0.5, 0.6) is 0 Å². The first-order valence-corrected chi connectivity index (χ1v) is 3.75. The first kappa shape index (κ1) is 10.2. The van der Waals surface area contributed by atoms with E-state index in [0.717, 1.165) is 19.3 Å². The SMILES string of the molecule is CCCCCOC(=O)OC[NH]. The van der Waals surface area contributed by atoms with Crippen LogP contribution in [0.3, 0.4) is 0 Å². The van der Waals surface area contributed by atoms with Crippen molar-refractivity contribution in [2.45, 2.75) is 26.2 Å². The zero-order valence-electron chi connectivity index (χ0n) is 6.76. The largest absolute Gasteiger partial charge is 0.509 e. The number of hydrogen-bond acceptors (Lipinski definition) is 3. The van der Waals surface area contributed by atoms with Crippen molar-refractivity contribution < 1.29 is 14.3 Å². The molecule has 0 aliphatic rings. The van der Waals surface area contributed by atoms with Crippen LogP contribution >= 0.6 is 0 Å². The topological polar surface area (TPSA) is 59.3 Å². The van der Waals surface area contributed by atoms with Gasteiger partial charge in [0.25, 0.3) is 0 Å². The molecule has 1 radical (unpaired) electrons. The molecule has 0 aromatic rings. The molecule has 4 nitrogen and oxygen atoms in total. The number of unbranched alkanes of at least 4 members (excludes halogenated alkanes) is 2. The van der Waals surface area contributed by atoms with Crippen LogP contribution in [0.1, 0.15) is 26.2 Å². The molecule has 0 saturated heterocycles. The van der Waals surface area contributed by atoms with Crippen LogP contribution in [0.4, 0.5) is 4.79 Å². The van der Waals surface area contributed by atoms with Crippen molar-refractivity contribution in [1.29, 1.82) is 0 Å². The third-order valence-electron chi connectivity index (χ3n) is 1.16. The number of rotatable bonds is 5. The predicted molar refractivity (Wildman–Crippen MR) is 39.9 cm³/mol. The standard InChI is InChI=1S/C7H14NO3/c1-2-3-4-5-10-7(9)11-6-8/h8H,2-6H2,1H3. The summed E-state index contributed by atoms with van der Waals surface area (Å²) in [4.78, 5) is 10.4. The van der Waals surface area contributed by atoms with Gasteiger partial charge in [-0.05, 0) is 6.42 Å². The monoisotopic (exact) mass is 160 g/mol. The molecule has 0 fully saturated rings. The molecule has 0 aromatic heterocycles. The first-order chi connectivity index (χ1) is 5.31. The molecule has 0 aliphatic heterocycles. The molecule has 0 amide bonds. The summed E-state index contributed by atoms with van der Waals surface area (Å²) in [5.74, 6) is 0. The van der Waals surface area contributed by atoms with Crippen LogP contribution in [-0.2, 0) is 9.47 Å². The Morgan fingerprint density at radius 1 is 1.36 bits per heavy atom. The quantitative estimate of drug-likeness (QED) is 0.453. The Bertz CT molecular complexity index is 106. The highest BCUT2D eigenvalue weighted by molar-refractivity contribution is 5.59. The normalized spacial score (nSPS) is 9.27. The van der Waals surface area contributed by atoms with Gasteiger partial charge in [-0.2, -0.15) is 0 Å². The average molecular weight is 160 g/mol. The van der Waals surface area contributed by atoms with Gasteiger partial charge in [0.15, 0.2) is 6.73 Å². The number of nitrogens with one attached hydrogen (secondary N) is 1. The second-order valence-electron chi connectivity index (χ2n) is 2.09. The van der Waals surface area contributed by atoms with Crippen LogP contribution in [0.15, 0.2) is 0 Å². The molecular formula is C7H14NO3. The van der Waals surface area contributed by atoms with E-state index in [1.807, 2.05) is 0 Å². The molecule has 0 saturated carbocycles. The summed E-state index contributed by atoms with van der Waals surface area (Å²) in [6.45, 7) is 2.10. The van der Waals surface area contributed by atoms with Crippen LogP contribution in [-0.4, -0.2) is 19.5 Å². The van der Waals surface area contributed by atoms with Crippen molar-refractivity contribution in [3.63, 3.8) is 0 Å². The molecule has 0 rings (SSSR count). The molecule has 1 N–H and O–H groups in total. The number of carbonyl (C=O) groups excluding carboxylic acids is 1. The van der Waals surface area contributed by atoms with Gasteiger partial charge in [-0.1, -0.05) is 19.8 Å². The molecule has 4 heteroatoms. The van der Waals surface area contributed by atoms with Gasteiger partial charge in [0, 0.05) is 0 Å². The van der Waals surface area contributed by atoms with E-state index in [1.54, 1.807) is 0 Å². The van der Waals surface area contributed by atoms with E-state index in [0.29, 0.717) is 6.61 Å². The minimum Gasteiger partial charge on any atom is -0.434 e. The van der Waals surface area contributed by atoms with Gasteiger partial charge < -0.3 is 9.47 Å². The van der Waals surface area contributed by atoms with Crippen molar-refractivity contribution in [2.75, 3.05) is 13.3 Å². The van der Waals surface area contributed by atoms with Gasteiger partial charge in [-0.15, -0.1) is 0 Å². The van der Waals surface area contributed by atoms with Gasteiger partial charge in [-0.3, -0.25) is 0 Å². The molecule has 11 heavy (non-hydrogen) atoms. The highest BCUT2D eigenvalue weighted by atomic mass is 16.7. The average Bonchev–Trinajstić information content (AvgIpc) is 1.99. The van der Waals surface area contributed by atoms with Gasteiger partial charge in [0.05, 0.1) is 6.61 Å². The molecule has 0 aliphatic carbocycles. The van der Waals surface area contributed by atoms with Crippen molar-refractivity contribution in [3.05, 3.63) is 0 Å². The van der Waals surface area contributed by atoms with Crippen molar-refractivity contribution in [2.24, 2.45) is 0 Å². The maximum atomic E-state index is 10.4. The molecule has 0 bridgehead atoms. The number of ether oxygens (including phenoxy) is 2.